The van der Waals surface area contributed by atoms with Gasteiger partial charge in [0.2, 0.25) is 0 Å². The Bertz CT molecular complexity index is 85.0. The Labute approximate surface area is 50.2 Å². The van der Waals surface area contributed by atoms with E-state index in [-0.39, 0.29) is 5.40 Å². The van der Waals surface area contributed by atoms with Gasteiger partial charge in [0, 0.05) is 11.3 Å². The summed E-state index contributed by atoms with van der Waals surface area (Å²) in [4.78, 5) is 0. The maximum absolute atomic E-state index is 5.46. The molecule has 1 atom stereocenters. The van der Waals surface area contributed by atoms with Gasteiger partial charge < -0.3 is 4.74 Å². The molecule has 4 heteroatoms. The van der Waals surface area contributed by atoms with Crippen LogP contribution in [0.3, 0.4) is 0 Å². The number of hydrogen-bond acceptors (Lipinski definition) is 1. The third kappa shape index (κ3) is 0.945. The first-order chi connectivity index (χ1) is 3.17. The second-order valence-corrected chi connectivity index (χ2v) is 2.67. The van der Waals surface area contributed by atoms with Crippen molar-refractivity contribution in [1.82, 2.24) is 0 Å². The molecule has 1 heterocycles. The summed E-state index contributed by atoms with van der Waals surface area (Å²) >= 11 is 5.46. The van der Waals surface area contributed by atoms with Crippen LogP contribution >= 0.6 is 11.6 Å². The van der Waals surface area contributed by atoms with E-state index in [9.17, 15) is 0 Å². The van der Waals surface area contributed by atoms with Crippen molar-refractivity contribution < 1.29 is 4.74 Å². The fraction of sp³-hybridized carbons (Fsp3) is 1.00. The van der Waals surface area contributed by atoms with Crippen LogP contribution in [0.5, 0.6) is 0 Å². The molecule has 0 saturated carbocycles. The first-order valence-corrected chi connectivity index (χ1v) is 2.94. The smallest absolute Gasteiger partial charge is 0.135 e. The summed E-state index contributed by atoms with van der Waals surface area (Å²) in [5.74, 6) is 0.632. The van der Waals surface area contributed by atoms with E-state index in [0.717, 1.165) is 0 Å². The lowest BCUT2D eigenvalue weighted by Gasteiger charge is -1.85. The van der Waals surface area contributed by atoms with Gasteiger partial charge in [0.25, 0.3) is 0 Å². The van der Waals surface area contributed by atoms with E-state index in [1.807, 2.05) is 15.7 Å². The minimum Gasteiger partial charge on any atom is -0.384 e. The molecule has 0 aromatic carbocycles. The molecule has 1 nitrogen and oxygen atoms in total. The highest BCUT2D eigenvalue weighted by atomic mass is 35.5. The van der Waals surface area contributed by atoms with Crippen molar-refractivity contribution >= 4 is 27.3 Å². The third-order valence-electron chi connectivity index (χ3n) is 1.30. The molecule has 38 valence electrons. The van der Waals surface area contributed by atoms with E-state index in [1.165, 1.54) is 0 Å². The molecule has 1 rings (SSSR count). The maximum Gasteiger partial charge on any atom is 0.135 e. The van der Waals surface area contributed by atoms with Crippen LogP contribution in [0.15, 0.2) is 0 Å². The Hall–Kier alpha value is 0.380. The second-order valence-electron chi connectivity index (χ2n) is 2.36. The fourth-order valence-corrected chi connectivity index (χ4v) is 0.985. The number of epoxide rings is 1. The quantitative estimate of drug-likeness (QED) is 0.232. The molecule has 1 aliphatic rings. The molecule has 1 unspecified atom stereocenters. The normalized spacial score (nSPS) is 35.3. The zero-order chi connectivity index (χ0) is 5.49. The molecule has 0 spiro atoms. The predicted molar refractivity (Wildman–Crippen MR) is 35.4 cm³/mol. The highest BCUT2D eigenvalue weighted by Gasteiger charge is 2.45. The van der Waals surface area contributed by atoms with Crippen molar-refractivity contribution in [3.8, 4) is 0 Å². The minimum atomic E-state index is 0.0851. The summed E-state index contributed by atoms with van der Waals surface area (Å²) in [7, 11) is 4.08. The molecule has 7 heavy (non-hydrogen) atoms. The lowest BCUT2D eigenvalue weighted by molar-refractivity contribution is 0.399. The molecule has 0 aromatic rings. The number of hydrogen-bond donors (Lipinski definition) is 0. The van der Waals surface area contributed by atoms with Crippen LogP contribution in [-0.2, 0) is 4.74 Å². The fourth-order valence-electron chi connectivity index (χ4n) is 0.550. The van der Waals surface area contributed by atoms with E-state index in [0.29, 0.717) is 12.0 Å². The van der Waals surface area contributed by atoms with Crippen molar-refractivity contribution in [2.24, 2.45) is 0 Å². The van der Waals surface area contributed by atoms with Gasteiger partial charge in [-0.3, -0.25) is 0 Å². The van der Waals surface area contributed by atoms with Crippen LogP contribution in [0.1, 0.15) is 0 Å². The molecule has 0 aliphatic carbocycles. The zero-order valence-corrected chi connectivity index (χ0v) is 5.33. The second kappa shape index (κ2) is 1.43. The standard InChI is InChI=1S/C3H7B2ClO/c4-3(5)2(1-6)7-3/h2H,1,4-5H2. The van der Waals surface area contributed by atoms with E-state index in [2.05, 4.69) is 0 Å². The SMILES string of the molecule is BC1(B)OC1CCl. The third-order valence-corrected chi connectivity index (χ3v) is 1.58. The summed E-state index contributed by atoms with van der Waals surface area (Å²) in [5, 5.41) is 0.0851. The van der Waals surface area contributed by atoms with Crippen LogP contribution in [-0.4, -0.2) is 33.1 Å². The first-order valence-electron chi connectivity index (χ1n) is 2.40. The molecular weight excluding hydrogens is 109 g/mol. The van der Waals surface area contributed by atoms with Gasteiger partial charge in [0.1, 0.15) is 15.7 Å². The van der Waals surface area contributed by atoms with Crippen molar-refractivity contribution in [3.63, 3.8) is 0 Å². The number of alkyl halides is 1. The van der Waals surface area contributed by atoms with E-state index in [1.54, 1.807) is 0 Å². The highest BCUT2D eigenvalue weighted by molar-refractivity contribution is 6.42. The number of ether oxygens (including phenoxy) is 1. The maximum atomic E-state index is 5.46. The van der Waals surface area contributed by atoms with E-state index in [4.69, 9.17) is 16.3 Å². The molecule has 0 radical (unpaired) electrons. The largest absolute Gasteiger partial charge is 0.384 e. The molecule has 0 N–H and O–H groups in total. The van der Waals surface area contributed by atoms with Crippen molar-refractivity contribution in [2.45, 2.75) is 11.5 Å². The van der Waals surface area contributed by atoms with Gasteiger partial charge in [-0.1, -0.05) is 0 Å². The van der Waals surface area contributed by atoms with Gasteiger partial charge in [0.15, 0.2) is 0 Å². The van der Waals surface area contributed by atoms with Gasteiger partial charge in [-0.05, 0) is 0 Å². The van der Waals surface area contributed by atoms with Gasteiger partial charge >= 0.3 is 0 Å². The van der Waals surface area contributed by atoms with Crippen molar-refractivity contribution in [2.75, 3.05) is 5.88 Å². The van der Waals surface area contributed by atoms with Gasteiger partial charge in [-0.2, -0.15) is 0 Å². The monoisotopic (exact) mass is 116 g/mol. The topological polar surface area (TPSA) is 12.5 Å². The molecule has 0 aromatic heterocycles. The van der Waals surface area contributed by atoms with Crippen LogP contribution < -0.4 is 0 Å². The minimum absolute atomic E-state index is 0.0851. The van der Waals surface area contributed by atoms with Gasteiger partial charge in [0.05, 0.1) is 6.10 Å². The van der Waals surface area contributed by atoms with Crippen LogP contribution in [0.2, 0.25) is 0 Å². The van der Waals surface area contributed by atoms with Crippen LogP contribution in [0.25, 0.3) is 0 Å². The number of halogens is 1. The Kier molecular flexibility index (Phi) is 1.12. The molecular formula is C3H7B2ClO. The van der Waals surface area contributed by atoms with E-state index >= 15 is 0 Å². The Balaban J connectivity index is 2.30. The van der Waals surface area contributed by atoms with E-state index < -0.39 is 0 Å². The zero-order valence-electron chi connectivity index (χ0n) is 4.57. The summed E-state index contributed by atoms with van der Waals surface area (Å²) < 4.78 is 5.12. The molecule has 0 amide bonds. The van der Waals surface area contributed by atoms with Crippen molar-refractivity contribution in [3.05, 3.63) is 0 Å². The Morgan fingerprint density at radius 2 is 2.14 bits per heavy atom. The molecule has 1 fully saturated rings. The average Bonchev–Trinajstić information content (AvgIpc) is 2.13. The van der Waals surface area contributed by atoms with Gasteiger partial charge in [-0.15, -0.1) is 11.6 Å². The summed E-state index contributed by atoms with van der Waals surface area (Å²) in [5.41, 5.74) is 0. The predicted octanol–water partition coefficient (Wildman–Crippen LogP) is -1.46. The highest BCUT2D eigenvalue weighted by Crippen LogP contribution is 2.29. The lowest BCUT2D eigenvalue weighted by Crippen LogP contribution is -2.14. The molecule has 0 bridgehead atoms. The summed E-state index contributed by atoms with van der Waals surface area (Å²) in [6, 6.07) is 0. The lowest BCUT2D eigenvalue weighted by atomic mass is 9.68. The average molecular weight is 116 g/mol. The van der Waals surface area contributed by atoms with Gasteiger partial charge in [-0.25, -0.2) is 0 Å². The summed E-state index contributed by atoms with van der Waals surface area (Å²) in [6.07, 6.45) is 0.314. The van der Waals surface area contributed by atoms with Crippen LogP contribution in [0.4, 0.5) is 0 Å². The number of rotatable bonds is 1. The Morgan fingerprint density at radius 3 is 2.14 bits per heavy atom. The van der Waals surface area contributed by atoms with Crippen LogP contribution in [0, 0.1) is 0 Å². The Morgan fingerprint density at radius 1 is 1.71 bits per heavy atom. The molecule has 1 saturated heterocycles. The first kappa shape index (κ1) is 5.52. The summed E-state index contributed by atoms with van der Waals surface area (Å²) in [6.45, 7) is 0. The van der Waals surface area contributed by atoms with Crippen molar-refractivity contribution in [1.29, 1.82) is 0 Å². The molecule has 1 aliphatic heterocycles.